The minimum atomic E-state index is -1.43. The normalized spacial score (nSPS) is 11.9. The average Bonchev–Trinajstić information content (AvgIpc) is 2.25. The number of carbonyl (C=O) groups excluding carboxylic acids is 2. The predicted octanol–water partition coefficient (Wildman–Crippen LogP) is 0.569. The fraction of sp³-hybridized carbons (Fsp3) is 0.200. The Balaban J connectivity index is 2.67. The SMILES string of the molecule is NC(=O)C(O)CNC(=O)c1ccc(Cl)cc1Cl. The number of primary amides is 1. The van der Waals surface area contributed by atoms with Gasteiger partial charge in [-0.2, -0.15) is 0 Å². The van der Waals surface area contributed by atoms with Crippen LogP contribution in [-0.2, 0) is 4.79 Å². The Kier molecular flexibility index (Phi) is 4.74. The van der Waals surface area contributed by atoms with Gasteiger partial charge >= 0.3 is 0 Å². The lowest BCUT2D eigenvalue weighted by molar-refractivity contribution is -0.125. The number of amides is 2. The molecule has 2 amide bonds. The number of halogens is 2. The van der Waals surface area contributed by atoms with Crippen molar-refractivity contribution >= 4 is 35.0 Å². The van der Waals surface area contributed by atoms with Crippen LogP contribution in [0.15, 0.2) is 18.2 Å². The van der Waals surface area contributed by atoms with Crippen molar-refractivity contribution in [2.24, 2.45) is 5.73 Å². The Bertz CT molecular complexity index is 451. The van der Waals surface area contributed by atoms with Gasteiger partial charge in [0.2, 0.25) is 5.91 Å². The maximum Gasteiger partial charge on any atom is 0.252 e. The molecule has 0 saturated carbocycles. The quantitative estimate of drug-likeness (QED) is 0.751. The molecule has 5 nitrogen and oxygen atoms in total. The highest BCUT2D eigenvalue weighted by atomic mass is 35.5. The van der Waals surface area contributed by atoms with Crippen LogP contribution in [0.2, 0.25) is 10.0 Å². The number of hydrogen-bond donors (Lipinski definition) is 3. The lowest BCUT2D eigenvalue weighted by Gasteiger charge is -2.09. The van der Waals surface area contributed by atoms with Crippen molar-refractivity contribution in [2.75, 3.05) is 6.54 Å². The molecule has 1 rings (SSSR count). The van der Waals surface area contributed by atoms with Crippen molar-refractivity contribution in [1.82, 2.24) is 5.32 Å². The van der Waals surface area contributed by atoms with Crippen LogP contribution in [0.3, 0.4) is 0 Å². The summed E-state index contributed by atoms with van der Waals surface area (Å²) in [5.41, 5.74) is 5.03. The van der Waals surface area contributed by atoms with E-state index < -0.39 is 17.9 Å². The van der Waals surface area contributed by atoms with E-state index in [1.165, 1.54) is 18.2 Å². The van der Waals surface area contributed by atoms with Crippen molar-refractivity contribution in [3.63, 3.8) is 0 Å². The Hall–Kier alpha value is -1.30. The highest BCUT2D eigenvalue weighted by Crippen LogP contribution is 2.20. The van der Waals surface area contributed by atoms with E-state index in [-0.39, 0.29) is 17.1 Å². The van der Waals surface area contributed by atoms with Crippen LogP contribution in [0.25, 0.3) is 0 Å². The van der Waals surface area contributed by atoms with Crippen LogP contribution in [0.4, 0.5) is 0 Å². The molecule has 4 N–H and O–H groups in total. The van der Waals surface area contributed by atoms with Crippen LogP contribution < -0.4 is 11.1 Å². The van der Waals surface area contributed by atoms with Crippen molar-refractivity contribution < 1.29 is 14.7 Å². The van der Waals surface area contributed by atoms with Gasteiger partial charge in [-0.3, -0.25) is 9.59 Å². The first-order valence-corrected chi connectivity index (χ1v) is 5.38. The number of carbonyl (C=O) groups is 2. The van der Waals surface area contributed by atoms with Gasteiger partial charge in [0.1, 0.15) is 6.10 Å². The number of aliphatic hydroxyl groups excluding tert-OH is 1. The summed E-state index contributed by atoms with van der Waals surface area (Å²) in [6.07, 6.45) is -1.43. The lowest BCUT2D eigenvalue weighted by Crippen LogP contribution is -2.40. The third kappa shape index (κ3) is 3.89. The molecule has 92 valence electrons. The maximum atomic E-state index is 11.6. The molecule has 0 radical (unpaired) electrons. The number of nitrogens with one attached hydrogen (secondary N) is 1. The average molecular weight is 277 g/mol. The second-order valence-corrected chi connectivity index (χ2v) is 4.10. The van der Waals surface area contributed by atoms with Crippen molar-refractivity contribution in [3.8, 4) is 0 Å². The predicted molar refractivity (Wildman–Crippen MR) is 64.0 cm³/mol. The maximum absolute atomic E-state index is 11.6. The van der Waals surface area contributed by atoms with Gasteiger partial charge < -0.3 is 16.2 Å². The second-order valence-electron chi connectivity index (χ2n) is 3.25. The van der Waals surface area contributed by atoms with Crippen LogP contribution >= 0.6 is 23.2 Å². The molecule has 0 bridgehead atoms. The van der Waals surface area contributed by atoms with Gasteiger partial charge in [0.25, 0.3) is 5.91 Å². The molecule has 1 aromatic rings. The molecule has 0 aliphatic rings. The molecule has 1 unspecified atom stereocenters. The summed E-state index contributed by atoms with van der Waals surface area (Å²) in [6, 6.07) is 4.37. The minimum absolute atomic E-state index is 0.184. The van der Waals surface area contributed by atoms with Gasteiger partial charge in [-0.15, -0.1) is 0 Å². The molecule has 1 aromatic carbocycles. The van der Waals surface area contributed by atoms with Crippen LogP contribution in [0.5, 0.6) is 0 Å². The zero-order chi connectivity index (χ0) is 13.0. The highest BCUT2D eigenvalue weighted by Gasteiger charge is 2.15. The van der Waals surface area contributed by atoms with Crippen LogP contribution in [0, 0.1) is 0 Å². The van der Waals surface area contributed by atoms with E-state index in [9.17, 15) is 9.59 Å². The molecule has 0 saturated heterocycles. The second kappa shape index (κ2) is 5.86. The molecule has 0 aliphatic heterocycles. The Labute approximate surface area is 108 Å². The van der Waals surface area contributed by atoms with Crippen molar-refractivity contribution in [2.45, 2.75) is 6.10 Å². The highest BCUT2D eigenvalue weighted by molar-refractivity contribution is 6.36. The summed E-state index contributed by atoms with van der Waals surface area (Å²) in [5, 5.41) is 12.0. The number of nitrogens with two attached hydrogens (primary N) is 1. The van der Waals surface area contributed by atoms with E-state index in [1.807, 2.05) is 0 Å². The minimum Gasteiger partial charge on any atom is -0.381 e. The molecule has 0 aromatic heterocycles. The summed E-state index contributed by atoms with van der Waals surface area (Å²) < 4.78 is 0. The monoisotopic (exact) mass is 276 g/mol. The van der Waals surface area contributed by atoms with Crippen molar-refractivity contribution in [3.05, 3.63) is 33.8 Å². The topological polar surface area (TPSA) is 92.4 Å². The first kappa shape index (κ1) is 13.8. The lowest BCUT2D eigenvalue weighted by atomic mass is 10.2. The van der Waals surface area contributed by atoms with Crippen LogP contribution in [-0.4, -0.2) is 29.6 Å². The number of aliphatic hydroxyl groups is 1. The fourth-order valence-corrected chi connectivity index (χ4v) is 1.55. The van der Waals surface area contributed by atoms with E-state index in [0.717, 1.165) is 0 Å². The van der Waals surface area contributed by atoms with Gasteiger partial charge in [-0.1, -0.05) is 23.2 Å². The molecular formula is C10H10Cl2N2O3. The summed E-state index contributed by atoms with van der Waals surface area (Å²) in [7, 11) is 0. The summed E-state index contributed by atoms with van der Waals surface area (Å²) in [6.45, 7) is -0.271. The molecule has 0 fully saturated rings. The Morgan fingerprint density at radius 1 is 1.41 bits per heavy atom. The zero-order valence-electron chi connectivity index (χ0n) is 8.61. The third-order valence-corrected chi connectivity index (χ3v) is 2.51. The molecule has 0 aliphatic carbocycles. The van der Waals surface area contributed by atoms with Gasteiger partial charge in [0, 0.05) is 5.02 Å². The van der Waals surface area contributed by atoms with Crippen LogP contribution in [0.1, 0.15) is 10.4 Å². The standard InChI is InChI=1S/C10H10Cl2N2O3/c11-5-1-2-6(7(12)3-5)10(17)14-4-8(15)9(13)16/h1-3,8,15H,4H2,(H2,13,16)(H,14,17). The first-order valence-electron chi connectivity index (χ1n) is 4.62. The number of benzene rings is 1. The molecular weight excluding hydrogens is 267 g/mol. The van der Waals surface area contributed by atoms with E-state index in [2.05, 4.69) is 5.32 Å². The Morgan fingerprint density at radius 3 is 2.59 bits per heavy atom. The smallest absolute Gasteiger partial charge is 0.252 e. The molecule has 0 heterocycles. The first-order chi connectivity index (χ1) is 7.91. The summed E-state index contributed by atoms with van der Waals surface area (Å²) >= 11 is 11.5. The van der Waals surface area contributed by atoms with Gasteiger partial charge in [-0.25, -0.2) is 0 Å². The molecule has 7 heteroatoms. The van der Waals surface area contributed by atoms with E-state index in [0.29, 0.717) is 5.02 Å². The molecule has 1 atom stereocenters. The van der Waals surface area contributed by atoms with E-state index in [1.54, 1.807) is 0 Å². The van der Waals surface area contributed by atoms with Gasteiger partial charge in [-0.05, 0) is 18.2 Å². The zero-order valence-corrected chi connectivity index (χ0v) is 10.1. The van der Waals surface area contributed by atoms with E-state index >= 15 is 0 Å². The molecule has 0 spiro atoms. The fourth-order valence-electron chi connectivity index (χ4n) is 1.06. The molecule has 17 heavy (non-hydrogen) atoms. The largest absolute Gasteiger partial charge is 0.381 e. The Morgan fingerprint density at radius 2 is 2.06 bits per heavy atom. The number of hydrogen-bond acceptors (Lipinski definition) is 3. The third-order valence-electron chi connectivity index (χ3n) is 1.96. The summed E-state index contributed by atoms with van der Waals surface area (Å²) in [5.74, 6) is -1.43. The van der Waals surface area contributed by atoms with Gasteiger partial charge in [0.15, 0.2) is 0 Å². The van der Waals surface area contributed by atoms with Gasteiger partial charge in [0.05, 0.1) is 17.1 Å². The van der Waals surface area contributed by atoms with E-state index in [4.69, 9.17) is 34.0 Å². The summed E-state index contributed by atoms with van der Waals surface area (Å²) in [4.78, 5) is 22.1. The number of rotatable bonds is 4. The van der Waals surface area contributed by atoms with Crippen molar-refractivity contribution in [1.29, 1.82) is 0 Å².